The summed E-state index contributed by atoms with van der Waals surface area (Å²) < 4.78 is 2.00. The summed E-state index contributed by atoms with van der Waals surface area (Å²) in [7, 11) is 0. The van der Waals surface area contributed by atoms with Gasteiger partial charge >= 0.3 is 5.69 Å². The zero-order chi connectivity index (χ0) is 14.5. The molecule has 1 N–H and O–H groups in total. The molecular formula is C12H12ClN5O2. The van der Waals surface area contributed by atoms with Gasteiger partial charge in [0.2, 0.25) is 5.91 Å². The van der Waals surface area contributed by atoms with Crippen LogP contribution >= 0.6 is 11.6 Å². The van der Waals surface area contributed by atoms with Gasteiger partial charge < -0.3 is 5.32 Å². The fourth-order valence-electron chi connectivity index (χ4n) is 1.53. The number of benzene rings is 1. The molecule has 0 atom stereocenters. The second kappa shape index (κ2) is 6.16. The highest BCUT2D eigenvalue weighted by molar-refractivity contribution is 6.32. The molecule has 0 aliphatic carbocycles. The van der Waals surface area contributed by atoms with Crippen molar-refractivity contribution in [2.24, 2.45) is 0 Å². The van der Waals surface area contributed by atoms with Crippen molar-refractivity contribution in [3.8, 4) is 5.69 Å². The lowest BCUT2D eigenvalue weighted by Crippen LogP contribution is -2.33. The number of hydrogen-bond acceptors (Lipinski definition) is 4. The fraction of sp³-hybridized carbons (Fsp3) is 0.167. The molecule has 0 radical (unpaired) electrons. The van der Waals surface area contributed by atoms with Crippen LogP contribution in [0.4, 0.5) is 0 Å². The van der Waals surface area contributed by atoms with E-state index in [1.54, 1.807) is 30.3 Å². The molecule has 0 saturated carbocycles. The van der Waals surface area contributed by atoms with Crippen LogP contribution in [0.2, 0.25) is 5.02 Å². The molecule has 0 unspecified atom stereocenters. The first-order valence-electron chi connectivity index (χ1n) is 5.79. The highest BCUT2D eigenvalue weighted by Crippen LogP contribution is 2.16. The van der Waals surface area contributed by atoms with Crippen LogP contribution in [-0.4, -0.2) is 32.2 Å². The zero-order valence-corrected chi connectivity index (χ0v) is 11.2. The third kappa shape index (κ3) is 2.94. The van der Waals surface area contributed by atoms with Crippen molar-refractivity contribution in [3.63, 3.8) is 0 Å². The molecule has 0 aliphatic heterocycles. The molecule has 0 fully saturated rings. The smallest absolute Gasteiger partial charge is 0.351 e. The Morgan fingerprint density at radius 2 is 2.15 bits per heavy atom. The van der Waals surface area contributed by atoms with Crippen LogP contribution in [0, 0.1) is 0 Å². The molecule has 8 heteroatoms. The lowest BCUT2D eigenvalue weighted by atomic mass is 10.3. The summed E-state index contributed by atoms with van der Waals surface area (Å²) in [4.78, 5) is 23.6. The standard InChI is InChI=1S/C12H12ClN5O2/c1-2-7-14-11(19)8-17-12(20)18(16-15-17)10-6-4-3-5-9(10)13/h2-6H,1,7-8H2,(H,14,19). The number of para-hydroxylation sites is 1. The largest absolute Gasteiger partial charge is 0.369 e. The summed E-state index contributed by atoms with van der Waals surface area (Å²) in [6, 6.07) is 6.74. The van der Waals surface area contributed by atoms with E-state index in [4.69, 9.17) is 11.6 Å². The summed E-state index contributed by atoms with van der Waals surface area (Å²) in [5, 5.41) is 10.3. The van der Waals surface area contributed by atoms with Gasteiger partial charge in [-0.05, 0) is 22.6 Å². The molecule has 1 heterocycles. The van der Waals surface area contributed by atoms with Crippen molar-refractivity contribution in [2.45, 2.75) is 6.54 Å². The SMILES string of the molecule is C=CCNC(=O)Cn1nnn(-c2ccccc2Cl)c1=O. The van der Waals surface area contributed by atoms with E-state index in [9.17, 15) is 9.59 Å². The number of tetrazole rings is 1. The Bertz CT molecular complexity index is 691. The van der Waals surface area contributed by atoms with Crippen LogP contribution in [-0.2, 0) is 11.3 Å². The number of aromatic nitrogens is 4. The van der Waals surface area contributed by atoms with E-state index >= 15 is 0 Å². The Balaban J connectivity index is 2.24. The first kappa shape index (κ1) is 14.0. The summed E-state index contributed by atoms with van der Waals surface area (Å²) in [5.74, 6) is -0.349. The summed E-state index contributed by atoms with van der Waals surface area (Å²) in [6.07, 6.45) is 1.54. The zero-order valence-electron chi connectivity index (χ0n) is 10.5. The number of carbonyl (C=O) groups excluding carboxylic acids is 1. The van der Waals surface area contributed by atoms with Crippen LogP contribution in [0.3, 0.4) is 0 Å². The van der Waals surface area contributed by atoms with Gasteiger partial charge in [0.1, 0.15) is 6.54 Å². The Labute approximate surface area is 119 Å². The Morgan fingerprint density at radius 3 is 2.85 bits per heavy atom. The van der Waals surface area contributed by atoms with Crippen LogP contribution in [0.25, 0.3) is 5.69 Å². The maximum atomic E-state index is 12.1. The van der Waals surface area contributed by atoms with Gasteiger partial charge in [-0.25, -0.2) is 4.79 Å². The summed E-state index contributed by atoms with van der Waals surface area (Å²) in [5.41, 5.74) is -0.122. The van der Waals surface area contributed by atoms with Gasteiger partial charge in [0.05, 0.1) is 10.7 Å². The number of hydrogen-bond donors (Lipinski definition) is 1. The number of halogens is 1. The first-order chi connectivity index (χ1) is 9.63. The first-order valence-corrected chi connectivity index (χ1v) is 6.16. The van der Waals surface area contributed by atoms with Crippen molar-refractivity contribution in [2.75, 3.05) is 6.54 Å². The van der Waals surface area contributed by atoms with E-state index in [2.05, 4.69) is 22.3 Å². The van der Waals surface area contributed by atoms with Gasteiger partial charge in [-0.3, -0.25) is 4.79 Å². The molecular weight excluding hydrogens is 282 g/mol. The molecule has 1 amide bonds. The third-order valence-electron chi connectivity index (χ3n) is 2.46. The third-order valence-corrected chi connectivity index (χ3v) is 2.78. The van der Waals surface area contributed by atoms with Crippen LogP contribution < -0.4 is 11.0 Å². The Hall–Kier alpha value is -2.41. The minimum Gasteiger partial charge on any atom is -0.351 e. The second-order valence-electron chi connectivity index (χ2n) is 3.88. The van der Waals surface area contributed by atoms with E-state index in [-0.39, 0.29) is 12.5 Å². The molecule has 7 nitrogen and oxygen atoms in total. The molecule has 2 rings (SSSR count). The van der Waals surface area contributed by atoms with Crippen LogP contribution in [0.5, 0.6) is 0 Å². The van der Waals surface area contributed by atoms with Crippen molar-refractivity contribution in [1.82, 2.24) is 25.1 Å². The van der Waals surface area contributed by atoms with Gasteiger partial charge in [-0.2, -0.15) is 9.36 Å². The van der Waals surface area contributed by atoms with Gasteiger partial charge in [-0.1, -0.05) is 29.8 Å². The number of rotatable bonds is 5. The Morgan fingerprint density at radius 1 is 1.40 bits per heavy atom. The fourth-order valence-corrected chi connectivity index (χ4v) is 1.74. The minimum absolute atomic E-state index is 0.211. The van der Waals surface area contributed by atoms with Gasteiger partial charge in [0.25, 0.3) is 0 Å². The van der Waals surface area contributed by atoms with Crippen molar-refractivity contribution < 1.29 is 4.79 Å². The lowest BCUT2D eigenvalue weighted by Gasteiger charge is -2.01. The van der Waals surface area contributed by atoms with Gasteiger partial charge in [-0.15, -0.1) is 6.58 Å². The summed E-state index contributed by atoms with van der Waals surface area (Å²) in [6.45, 7) is 3.60. The molecule has 0 aliphatic rings. The monoisotopic (exact) mass is 293 g/mol. The van der Waals surface area contributed by atoms with Gasteiger partial charge in [0, 0.05) is 6.54 Å². The quantitative estimate of drug-likeness (QED) is 0.808. The second-order valence-corrected chi connectivity index (χ2v) is 4.28. The predicted octanol–water partition coefficient (Wildman–Crippen LogP) is 0.385. The predicted molar refractivity (Wildman–Crippen MR) is 73.8 cm³/mol. The van der Waals surface area contributed by atoms with E-state index in [0.717, 1.165) is 9.36 Å². The summed E-state index contributed by atoms with van der Waals surface area (Å²) >= 11 is 5.99. The van der Waals surface area contributed by atoms with Crippen molar-refractivity contribution >= 4 is 17.5 Å². The van der Waals surface area contributed by atoms with Crippen molar-refractivity contribution in [3.05, 3.63) is 52.4 Å². The number of amides is 1. The normalized spacial score (nSPS) is 10.2. The Kier molecular flexibility index (Phi) is 4.31. The molecule has 0 saturated heterocycles. The minimum atomic E-state index is -0.535. The lowest BCUT2D eigenvalue weighted by molar-refractivity contribution is -0.121. The average Bonchev–Trinajstić information content (AvgIpc) is 2.79. The average molecular weight is 294 g/mol. The molecule has 0 bridgehead atoms. The molecule has 0 spiro atoms. The van der Waals surface area contributed by atoms with Crippen LogP contribution in [0.1, 0.15) is 0 Å². The number of nitrogens with zero attached hydrogens (tertiary/aromatic N) is 4. The molecule has 20 heavy (non-hydrogen) atoms. The van der Waals surface area contributed by atoms with E-state index in [1.165, 1.54) is 0 Å². The van der Waals surface area contributed by atoms with E-state index < -0.39 is 5.69 Å². The highest BCUT2D eigenvalue weighted by atomic mass is 35.5. The molecule has 104 valence electrons. The van der Waals surface area contributed by atoms with E-state index in [0.29, 0.717) is 17.3 Å². The maximum absolute atomic E-state index is 12.1. The van der Waals surface area contributed by atoms with Crippen LogP contribution in [0.15, 0.2) is 41.7 Å². The van der Waals surface area contributed by atoms with E-state index in [1.807, 2.05) is 0 Å². The molecule has 1 aromatic heterocycles. The molecule has 2 aromatic rings. The van der Waals surface area contributed by atoms with Gasteiger partial charge in [0.15, 0.2) is 0 Å². The highest BCUT2D eigenvalue weighted by Gasteiger charge is 2.13. The maximum Gasteiger partial charge on any atom is 0.369 e. The molecule has 1 aromatic carbocycles. The number of nitrogens with one attached hydrogen (secondary N) is 1. The number of carbonyl (C=O) groups is 1. The van der Waals surface area contributed by atoms with Crippen molar-refractivity contribution in [1.29, 1.82) is 0 Å². The topological polar surface area (TPSA) is 81.8 Å².